The Balaban J connectivity index is 1.64. The molecule has 1 fully saturated rings. The van der Waals surface area contributed by atoms with Gasteiger partial charge >= 0.3 is 0 Å². The van der Waals surface area contributed by atoms with Crippen molar-refractivity contribution in [3.05, 3.63) is 58.9 Å². The number of aromatic hydroxyl groups is 1. The van der Waals surface area contributed by atoms with Crippen LogP contribution in [0.25, 0.3) is 0 Å². The Bertz CT molecular complexity index is 662. The van der Waals surface area contributed by atoms with E-state index in [9.17, 15) is 9.50 Å². The molecule has 2 aromatic rings. The zero-order chi connectivity index (χ0) is 15.0. The van der Waals surface area contributed by atoms with Gasteiger partial charge in [-0.15, -0.1) is 0 Å². The monoisotopic (exact) mass is 285 g/mol. The number of benzene rings is 2. The van der Waals surface area contributed by atoms with Gasteiger partial charge in [0.1, 0.15) is 11.6 Å². The van der Waals surface area contributed by atoms with E-state index >= 15 is 0 Å². The predicted octanol–water partition coefficient (Wildman–Crippen LogP) is 4.51. The maximum atomic E-state index is 13.2. The summed E-state index contributed by atoms with van der Waals surface area (Å²) in [6, 6.07) is 11.1. The van der Waals surface area contributed by atoms with Crippen LogP contribution in [0.1, 0.15) is 35.4 Å². The van der Waals surface area contributed by atoms with Gasteiger partial charge in [-0.25, -0.2) is 4.39 Å². The fourth-order valence-corrected chi connectivity index (χ4v) is 2.94. The molecule has 0 aromatic heterocycles. The summed E-state index contributed by atoms with van der Waals surface area (Å²) in [4.78, 5) is 0. The van der Waals surface area contributed by atoms with Crippen LogP contribution >= 0.6 is 0 Å². The maximum Gasteiger partial charge on any atom is 0.123 e. The number of hydrogen-bond acceptors (Lipinski definition) is 2. The molecular weight excluding hydrogens is 265 g/mol. The van der Waals surface area contributed by atoms with Crippen LogP contribution < -0.4 is 5.32 Å². The Morgan fingerprint density at radius 3 is 2.57 bits per heavy atom. The molecule has 2 nitrogen and oxygen atoms in total. The first-order chi connectivity index (χ1) is 10.0. The smallest absolute Gasteiger partial charge is 0.123 e. The highest BCUT2D eigenvalue weighted by atomic mass is 19.1. The SMILES string of the molecule is Cc1cc(NC2CC(c3cccc(F)c3)C2)c(C)cc1O. The van der Waals surface area contributed by atoms with E-state index < -0.39 is 0 Å². The van der Waals surface area contributed by atoms with Crippen LogP contribution in [-0.4, -0.2) is 11.1 Å². The molecule has 0 aliphatic heterocycles. The summed E-state index contributed by atoms with van der Waals surface area (Å²) in [5, 5.41) is 13.2. The molecule has 0 amide bonds. The summed E-state index contributed by atoms with van der Waals surface area (Å²) in [5.41, 5.74) is 4.09. The fraction of sp³-hybridized carbons (Fsp3) is 0.333. The molecule has 2 N–H and O–H groups in total. The fourth-order valence-electron chi connectivity index (χ4n) is 2.94. The summed E-state index contributed by atoms with van der Waals surface area (Å²) < 4.78 is 13.2. The van der Waals surface area contributed by atoms with Crippen molar-refractivity contribution in [2.75, 3.05) is 5.32 Å². The molecule has 0 atom stereocenters. The summed E-state index contributed by atoms with van der Waals surface area (Å²) in [6.07, 6.45) is 2.03. The molecule has 21 heavy (non-hydrogen) atoms. The second-order valence-electron chi connectivity index (χ2n) is 6.02. The van der Waals surface area contributed by atoms with E-state index in [1.54, 1.807) is 18.2 Å². The molecule has 3 heteroatoms. The van der Waals surface area contributed by atoms with Crippen molar-refractivity contribution in [1.82, 2.24) is 0 Å². The van der Waals surface area contributed by atoms with Gasteiger partial charge in [-0.2, -0.15) is 0 Å². The summed E-state index contributed by atoms with van der Waals surface area (Å²) >= 11 is 0. The van der Waals surface area contributed by atoms with Gasteiger partial charge < -0.3 is 10.4 Å². The molecule has 0 heterocycles. The average molecular weight is 285 g/mol. The third-order valence-electron chi connectivity index (χ3n) is 4.36. The number of phenols is 1. The van der Waals surface area contributed by atoms with Crippen LogP contribution in [0.15, 0.2) is 36.4 Å². The number of phenolic OH excluding ortho intramolecular Hbond substituents is 1. The second-order valence-corrected chi connectivity index (χ2v) is 6.02. The van der Waals surface area contributed by atoms with Crippen molar-refractivity contribution in [2.45, 2.75) is 38.6 Å². The standard InChI is InChI=1S/C18H20FNO/c1-11-7-18(21)12(2)6-17(11)20-16-9-14(10-16)13-4-3-5-15(19)8-13/h3-8,14,16,20-21H,9-10H2,1-2H3. The highest BCUT2D eigenvalue weighted by Crippen LogP contribution is 2.39. The van der Waals surface area contributed by atoms with E-state index in [0.717, 1.165) is 35.2 Å². The summed E-state index contributed by atoms with van der Waals surface area (Å²) in [6.45, 7) is 3.89. The molecule has 0 saturated heterocycles. The van der Waals surface area contributed by atoms with Gasteiger partial charge in [0, 0.05) is 11.7 Å². The zero-order valence-corrected chi connectivity index (χ0v) is 12.4. The number of aryl methyl sites for hydroxylation is 2. The number of nitrogens with one attached hydrogen (secondary N) is 1. The van der Waals surface area contributed by atoms with Gasteiger partial charge in [-0.1, -0.05) is 12.1 Å². The van der Waals surface area contributed by atoms with E-state index in [0.29, 0.717) is 17.7 Å². The molecular formula is C18H20FNO. The number of anilines is 1. The highest BCUT2D eigenvalue weighted by Gasteiger charge is 2.30. The first-order valence-electron chi connectivity index (χ1n) is 7.35. The molecule has 2 aromatic carbocycles. The largest absolute Gasteiger partial charge is 0.508 e. The van der Waals surface area contributed by atoms with Crippen LogP contribution in [0.3, 0.4) is 0 Å². The molecule has 1 saturated carbocycles. The zero-order valence-electron chi connectivity index (χ0n) is 12.4. The van der Waals surface area contributed by atoms with Crippen LogP contribution in [-0.2, 0) is 0 Å². The molecule has 3 rings (SSSR count). The molecule has 0 bridgehead atoms. The van der Waals surface area contributed by atoms with Crippen molar-refractivity contribution < 1.29 is 9.50 Å². The van der Waals surface area contributed by atoms with E-state index in [-0.39, 0.29) is 5.82 Å². The van der Waals surface area contributed by atoms with Crippen molar-refractivity contribution in [3.63, 3.8) is 0 Å². The Kier molecular flexibility index (Phi) is 3.58. The Morgan fingerprint density at radius 2 is 1.86 bits per heavy atom. The predicted molar refractivity (Wildman–Crippen MR) is 83.4 cm³/mol. The number of halogens is 1. The Morgan fingerprint density at radius 1 is 1.10 bits per heavy atom. The van der Waals surface area contributed by atoms with E-state index in [2.05, 4.69) is 5.32 Å². The normalized spacial score (nSPS) is 20.9. The van der Waals surface area contributed by atoms with E-state index in [1.165, 1.54) is 6.07 Å². The lowest BCUT2D eigenvalue weighted by atomic mass is 9.75. The Hall–Kier alpha value is -2.03. The molecule has 1 aliphatic carbocycles. The topological polar surface area (TPSA) is 32.3 Å². The minimum atomic E-state index is -0.158. The third kappa shape index (κ3) is 2.87. The van der Waals surface area contributed by atoms with Gasteiger partial charge in [-0.3, -0.25) is 0 Å². The van der Waals surface area contributed by atoms with Crippen LogP contribution in [0, 0.1) is 19.7 Å². The second kappa shape index (κ2) is 5.40. The highest BCUT2D eigenvalue weighted by molar-refractivity contribution is 5.57. The maximum absolute atomic E-state index is 13.2. The van der Waals surface area contributed by atoms with Crippen molar-refractivity contribution >= 4 is 5.69 Å². The van der Waals surface area contributed by atoms with E-state index in [1.807, 2.05) is 26.0 Å². The van der Waals surface area contributed by atoms with Crippen LogP contribution in [0.4, 0.5) is 10.1 Å². The van der Waals surface area contributed by atoms with Gasteiger partial charge in [0.2, 0.25) is 0 Å². The van der Waals surface area contributed by atoms with E-state index in [4.69, 9.17) is 0 Å². The average Bonchev–Trinajstić information content (AvgIpc) is 2.39. The summed E-state index contributed by atoms with van der Waals surface area (Å²) in [7, 11) is 0. The molecule has 0 radical (unpaired) electrons. The van der Waals surface area contributed by atoms with Gasteiger partial charge in [-0.05, 0) is 73.6 Å². The quantitative estimate of drug-likeness (QED) is 0.813. The first kappa shape index (κ1) is 13.9. The van der Waals surface area contributed by atoms with Crippen LogP contribution in [0.2, 0.25) is 0 Å². The first-order valence-corrected chi connectivity index (χ1v) is 7.35. The van der Waals surface area contributed by atoms with Gasteiger partial charge in [0.05, 0.1) is 0 Å². The van der Waals surface area contributed by atoms with Crippen molar-refractivity contribution in [2.24, 2.45) is 0 Å². The summed E-state index contributed by atoms with van der Waals surface area (Å²) in [5.74, 6) is 0.620. The molecule has 110 valence electrons. The molecule has 1 aliphatic rings. The number of hydrogen-bond donors (Lipinski definition) is 2. The minimum absolute atomic E-state index is 0.158. The lowest BCUT2D eigenvalue weighted by Gasteiger charge is -2.37. The lowest BCUT2D eigenvalue weighted by molar-refractivity contribution is 0.373. The Labute approximate surface area is 124 Å². The van der Waals surface area contributed by atoms with Crippen LogP contribution in [0.5, 0.6) is 5.75 Å². The molecule has 0 spiro atoms. The minimum Gasteiger partial charge on any atom is -0.508 e. The van der Waals surface area contributed by atoms with Crippen molar-refractivity contribution in [1.29, 1.82) is 0 Å². The van der Waals surface area contributed by atoms with Crippen molar-refractivity contribution in [3.8, 4) is 5.75 Å². The van der Waals surface area contributed by atoms with Gasteiger partial charge in [0.15, 0.2) is 0 Å². The third-order valence-corrected chi connectivity index (χ3v) is 4.36. The molecule has 0 unspecified atom stereocenters. The lowest BCUT2D eigenvalue weighted by Crippen LogP contribution is -2.34. The van der Waals surface area contributed by atoms with Gasteiger partial charge in [0.25, 0.3) is 0 Å². The number of rotatable bonds is 3.